The van der Waals surface area contributed by atoms with Gasteiger partial charge in [-0.25, -0.2) is 4.98 Å². The largest absolute Gasteiger partial charge is 0.480 e. The Kier molecular flexibility index (Phi) is 4.38. The Morgan fingerprint density at radius 1 is 1.56 bits per heavy atom. The van der Waals surface area contributed by atoms with Crippen molar-refractivity contribution >= 4 is 33.5 Å². The molecule has 0 amide bonds. The first kappa shape index (κ1) is 13.5. The second-order valence-corrected chi connectivity index (χ2v) is 5.15. The molecule has 0 radical (unpaired) electrons. The monoisotopic (exact) mass is 307 g/mol. The minimum absolute atomic E-state index is 0.208. The predicted molar refractivity (Wildman–Crippen MR) is 69.5 cm³/mol. The number of hydrogen-bond acceptors (Lipinski definition) is 4. The Balaban J connectivity index is 3.05. The molecule has 0 unspecified atom stereocenters. The lowest BCUT2D eigenvalue weighted by atomic mass is 10.1. The maximum atomic E-state index is 5.91. The molecule has 0 aliphatic carbocycles. The maximum absolute atomic E-state index is 5.91. The van der Waals surface area contributed by atoms with Crippen molar-refractivity contribution in [1.29, 1.82) is 0 Å². The Bertz CT molecular complexity index is 373. The van der Waals surface area contributed by atoms with Crippen LogP contribution in [0.3, 0.4) is 0 Å². The zero-order chi connectivity index (χ0) is 12.3. The van der Waals surface area contributed by atoms with E-state index in [-0.39, 0.29) is 5.54 Å². The van der Waals surface area contributed by atoms with Crippen LogP contribution in [-0.2, 0) is 0 Å². The van der Waals surface area contributed by atoms with Gasteiger partial charge in [-0.2, -0.15) is 4.98 Å². The first-order valence-electron chi connectivity index (χ1n) is 4.78. The molecular formula is C10H15BrClN3O. The zero-order valence-electron chi connectivity index (χ0n) is 9.79. The molecule has 1 heterocycles. The van der Waals surface area contributed by atoms with E-state index < -0.39 is 0 Å². The van der Waals surface area contributed by atoms with Crippen LogP contribution in [0.25, 0.3) is 0 Å². The van der Waals surface area contributed by atoms with Gasteiger partial charge in [0.15, 0.2) is 0 Å². The Morgan fingerprint density at radius 3 is 2.69 bits per heavy atom. The third-order valence-corrected chi connectivity index (χ3v) is 3.63. The number of aromatic nitrogens is 2. The second kappa shape index (κ2) is 5.19. The van der Waals surface area contributed by atoms with Crippen molar-refractivity contribution in [2.75, 3.05) is 24.9 Å². The van der Waals surface area contributed by atoms with E-state index in [1.807, 2.05) is 25.8 Å². The van der Waals surface area contributed by atoms with Gasteiger partial charge in [0.05, 0.1) is 23.3 Å². The molecule has 0 fully saturated rings. The van der Waals surface area contributed by atoms with Crippen LogP contribution in [0.1, 0.15) is 13.8 Å². The van der Waals surface area contributed by atoms with Gasteiger partial charge >= 0.3 is 0 Å². The van der Waals surface area contributed by atoms with Crippen LogP contribution < -0.4 is 9.64 Å². The van der Waals surface area contributed by atoms with Crippen LogP contribution in [0, 0.1) is 0 Å². The molecule has 0 aromatic carbocycles. The summed E-state index contributed by atoms with van der Waals surface area (Å²) in [5.74, 6) is 1.60. The molecule has 0 N–H and O–H groups in total. The van der Waals surface area contributed by atoms with Crippen LogP contribution >= 0.6 is 27.5 Å². The fourth-order valence-corrected chi connectivity index (χ4v) is 1.54. The number of hydrogen-bond donors (Lipinski definition) is 0. The quantitative estimate of drug-likeness (QED) is 0.802. The number of nitrogens with zero attached hydrogens (tertiary/aromatic N) is 3. The van der Waals surface area contributed by atoms with E-state index in [9.17, 15) is 0 Å². The highest BCUT2D eigenvalue weighted by Crippen LogP contribution is 2.26. The summed E-state index contributed by atoms with van der Waals surface area (Å²) < 4.78 is 5.86. The van der Waals surface area contributed by atoms with E-state index in [1.54, 1.807) is 13.3 Å². The van der Waals surface area contributed by atoms with Gasteiger partial charge in [-0.05, 0) is 29.8 Å². The van der Waals surface area contributed by atoms with E-state index in [4.69, 9.17) is 16.3 Å². The number of ether oxygens (including phenoxy) is 1. The molecule has 0 saturated carbocycles. The lowest BCUT2D eigenvalue weighted by Crippen LogP contribution is -2.43. The molecular weight excluding hydrogens is 293 g/mol. The van der Waals surface area contributed by atoms with Gasteiger partial charge in [0.1, 0.15) is 0 Å². The molecule has 6 heteroatoms. The van der Waals surface area contributed by atoms with Crippen molar-refractivity contribution in [2.45, 2.75) is 19.4 Å². The lowest BCUT2D eigenvalue weighted by Gasteiger charge is -2.33. The normalized spacial score (nSPS) is 11.4. The highest BCUT2D eigenvalue weighted by Gasteiger charge is 2.25. The van der Waals surface area contributed by atoms with Gasteiger partial charge < -0.3 is 9.64 Å². The molecule has 16 heavy (non-hydrogen) atoms. The van der Waals surface area contributed by atoms with Gasteiger partial charge in [0.25, 0.3) is 0 Å². The topological polar surface area (TPSA) is 38.2 Å². The van der Waals surface area contributed by atoms with E-state index >= 15 is 0 Å². The standard InChI is InChI=1S/C10H15BrClN3O/c1-10(2,6-12)15(3)9-13-5-7(11)8(14-9)16-4/h5H,6H2,1-4H3. The Morgan fingerprint density at radius 2 is 2.19 bits per heavy atom. The fraction of sp³-hybridized carbons (Fsp3) is 0.600. The van der Waals surface area contributed by atoms with Crippen molar-refractivity contribution < 1.29 is 4.74 Å². The first-order chi connectivity index (χ1) is 7.42. The van der Waals surface area contributed by atoms with Crippen molar-refractivity contribution in [3.05, 3.63) is 10.7 Å². The van der Waals surface area contributed by atoms with Crippen molar-refractivity contribution in [3.8, 4) is 5.88 Å². The van der Waals surface area contributed by atoms with Crippen LogP contribution in [0.4, 0.5) is 5.95 Å². The molecule has 0 saturated heterocycles. The summed E-state index contributed by atoms with van der Waals surface area (Å²) in [7, 11) is 3.48. The zero-order valence-corrected chi connectivity index (χ0v) is 12.1. The first-order valence-corrected chi connectivity index (χ1v) is 6.11. The molecule has 1 aromatic rings. The fourth-order valence-electron chi connectivity index (χ4n) is 1.01. The summed E-state index contributed by atoms with van der Waals surface area (Å²) >= 11 is 9.22. The van der Waals surface area contributed by atoms with Gasteiger partial charge in [-0.15, -0.1) is 11.6 Å². The number of alkyl halides is 1. The smallest absolute Gasteiger partial charge is 0.232 e. The van der Waals surface area contributed by atoms with E-state index in [0.29, 0.717) is 17.7 Å². The minimum Gasteiger partial charge on any atom is -0.480 e. The highest BCUT2D eigenvalue weighted by molar-refractivity contribution is 9.10. The van der Waals surface area contributed by atoms with E-state index in [1.165, 1.54) is 0 Å². The number of anilines is 1. The van der Waals surface area contributed by atoms with E-state index in [2.05, 4.69) is 25.9 Å². The van der Waals surface area contributed by atoms with E-state index in [0.717, 1.165) is 4.47 Å². The highest BCUT2D eigenvalue weighted by atomic mass is 79.9. The minimum atomic E-state index is -0.208. The number of halogens is 2. The third-order valence-electron chi connectivity index (χ3n) is 2.43. The SMILES string of the molecule is COc1nc(N(C)C(C)(C)CCl)ncc1Br. The van der Waals surface area contributed by atoms with Crippen LogP contribution in [0.5, 0.6) is 5.88 Å². The van der Waals surface area contributed by atoms with Crippen LogP contribution in [0.15, 0.2) is 10.7 Å². The molecule has 4 nitrogen and oxygen atoms in total. The Hall–Kier alpha value is -0.550. The average Bonchev–Trinajstić information content (AvgIpc) is 2.28. The maximum Gasteiger partial charge on any atom is 0.232 e. The van der Waals surface area contributed by atoms with Crippen molar-refractivity contribution in [3.63, 3.8) is 0 Å². The summed E-state index contributed by atoms with van der Waals surface area (Å²) in [5, 5.41) is 0. The molecule has 0 atom stereocenters. The van der Waals surface area contributed by atoms with Gasteiger partial charge in [-0.3, -0.25) is 0 Å². The van der Waals surface area contributed by atoms with Crippen molar-refractivity contribution in [2.24, 2.45) is 0 Å². The average molecular weight is 309 g/mol. The molecule has 0 bridgehead atoms. The van der Waals surface area contributed by atoms with Gasteiger partial charge in [0.2, 0.25) is 11.8 Å². The van der Waals surface area contributed by atoms with Gasteiger partial charge in [-0.1, -0.05) is 0 Å². The van der Waals surface area contributed by atoms with Crippen molar-refractivity contribution in [1.82, 2.24) is 9.97 Å². The van der Waals surface area contributed by atoms with Gasteiger partial charge in [0, 0.05) is 12.9 Å². The van der Waals surface area contributed by atoms with Crippen LogP contribution in [0.2, 0.25) is 0 Å². The predicted octanol–water partition coefficient (Wildman–Crippen LogP) is 2.70. The summed E-state index contributed by atoms with van der Waals surface area (Å²) in [6.07, 6.45) is 1.67. The molecule has 90 valence electrons. The molecule has 1 aromatic heterocycles. The molecule has 0 aliphatic rings. The van der Waals surface area contributed by atoms with Crippen LogP contribution in [-0.4, -0.2) is 35.5 Å². The summed E-state index contributed by atoms with van der Waals surface area (Å²) in [5.41, 5.74) is -0.208. The number of rotatable bonds is 4. The Labute approximate surface area is 109 Å². The molecule has 0 aliphatic heterocycles. The number of methoxy groups -OCH3 is 1. The molecule has 0 spiro atoms. The lowest BCUT2D eigenvalue weighted by molar-refractivity contribution is 0.392. The molecule has 1 rings (SSSR count). The summed E-state index contributed by atoms with van der Waals surface area (Å²) in [6.45, 7) is 4.05. The summed E-state index contributed by atoms with van der Waals surface area (Å²) in [6, 6.07) is 0. The second-order valence-electron chi connectivity index (χ2n) is 4.03. The third kappa shape index (κ3) is 2.77. The summed E-state index contributed by atoms with van der Waals surface area (Å²) in [4.78, 5) is 10.4.